The highest BCUT2D eigenvalue weighted by Crippen LogP contribution is 2.15. The van der Waals surface area contributed by atoms with Gasteiger partial charge in [0.25, 0.3) is 0 Å². The molecule has 200 valence electrons. The van der Waals surface area contributed by atoms with Gasteiger partial charge in [-0.1, -0.05) is 44.7 Å². The van der Waals surface area contributed by atoms with E-state index in [0.29, 0.717) is 30.3 Å². The molecule has 0 aliphatic carbocycles. The van der Waals surface area contributed by atoms with E-state index in [0.717, 1.165) is 12.0 Å². The number of esters is 1. The molecule has 1 aromatic carbocycles. The van der Waals surface area contributed by atoms with Crippen LogP contribution in [-0.2, 0) is 30.2 Å². The minimum absolute atomic E-state index is 0.0835. The minimum atomic E-state index is -0.912. The van der Waals surface area contributed by atoms with Crippen molar-refractivity contribution in [3.05, 3.63) is 55.1 Å². The number of benzene rings is 1. The summed E-state index contributed by atoms with van der Waals surface area (Å²) in [7, 11) is 6.33. The fraction of sp³-hybridized carbons (Fsp3) is 0.462. The van der Waals surface area contributed by atoms with Crippen LogP contribution in [0.2, 0.25) is 0 Å². The van der Waals surface area contributed by atoms with E-state index in [4.69, 9.17) is 17.5 Å². The van der Waals surface area contributed by atoms with Gasteiger partial charge in [0.2, 0.25) is 11.8 Å². The van der Waals surface area contributed by atoms with E-state index in [2.05, 4.69) is 33.4 Å². The largest absolute Gasteiger partial charge is 0.560 e. The van der Waals surface area contributed by atoms with Crippen molar-refractivity contribution in [2.24, 2.45) is 10.9 Å². The van der Waals surface area contributed by atoms with Gasteiger partial charge in [-0.2, -0.15) is 11.8 Å². The number of thioether (sulfide) groups is 1. The van der Waals surface area contributed by atoms with E-state index in [1.54, 1.807) is 24.3 Å². The molecule has 1 aromatic rings. The maximum atomic E-state index is 13.2. The van der Waals surface area contributed by atoms with Gasteiger partial charge in [-0.05, 0) is 30.0 Å². The molecule has 9 nitrogen and oxygen atoms in total. The second kappa shape index (κ2) is 18.1. The monoisotopic (exact) mass is 529 g/mol. The molecule has 2 N–H and O–H groups in total. The van der Waals surface area contributed by atoms with Gasteiger partial charge >= 0.3 is 14.0 Å². The number of nitrogens with zero attached hydrogens (tertiary/aromatic N) is 1. The summed E-state index contributed by atoms with van der Waals surface area (Å²) >= 11 is 1.43. The van der Waals surface area contributed by atoms with Crippen LogP contribution in [0, 0.1) is 5.92 Å². The lowest BCUT2D eigenvalue weighted by molar-refractivity contribution is -0.144. The smallest absolute Gasteiger partial charge is 0.375 e. The maximum Gasteiger partial charge on any atom is 0.375 e. The molecule has 2 radical (unpaired) electrons. The van der Waals surface area contributed by atoms with Gasteiger partial charge in [-0.3, -0.25) is 9.59 Å². The lowest BCUT2D eigenvalue weighted by Gasteiger charge is -2.24. The molecule has 11 heteroatoms. The number of ether oxygens (including phenoxy) is 2. The number of amides is 2. The summed E-state index contributed by atoms with van der Waals surface area (Å²) in [5.41, 5.74) is 0.815. The zero-order chi connectivity index (χ0) is 27.6. The third kappa shape index (κ3) is 12.5. The third-order valence-electron chi connectivity index (χ3n) is 4.99. The van der Waals surface area contributed by atoms with E-state index < -0.39 is 35.9 Å². The minimum Gasteiger partial charge on any atom is -0.560 e. The first-order valence-corrected chi connectivity index (χ1v) is 13.0. The van der Waals surface area contributed by atoms with Crippen molar-refractivity contribution in [3.63, 3.8) is 0 Å². The van der Waals surface area contributed by atoms with Gasteiger partial charge < -0.3 is 24.8 Å². The molecule has 0 saturated heterocycles. The van der Waals surface area contributed by atoms with Crippen LogP contribution >= 0.6 is 11.8 Å². The molecule has 2 amide bonds. The first-order chi connectivity index (χ1) is 17.7. The van der Waals surface area contributed by atoms with Crippen LogP contribution in [0.25, 0.3) is 0 Å². The molecule has 37 heavy (non-hydrogen) atoms. The molecule has 0 spiro atoms. The number of carbonyl (C=O) groups excluding carboxylic acids is 3. The van der Waals surface area contributed by atoms with Crippen LogP contribution in [0.5, 0.6) is 5.75 Å². The van der Waals surface area contributed by atoms with Crippen LogP contribution in [-0.4, -0.2) is 75.6 Å². The number of rotatable bonds is 18. The Bertz CT molecular complexity index is 910. The number of nitrogens with one attached hydrogen (secondary N) is 2. The Labute approximate surface area is 224 Å². The Hall–Kier alpha value is -3.21. The van der Waals surface area contributed by atoms with Gasteiger partial charge in [0.15, 0.2) is 6.40 Å². The summed E-state index contributed by atoms with van der Waals surface area (Å²) in [6, 6.07) is 4.53. The van der Waals surface area contributed by atoms with Crippen LogP contribution in [0.4, 0.5) is 0 Å². The quantitative estimate of drug-likeness (QED) is 0.0750. The number of aliphatic imine (C=N–C) groups is 1. The zero-order valence-electron chi connectivity index (χ0n) is 21.7. The second-order valence-corrected chi connectivity index (χ2v) is 9.53. The number of hydrogen-bond acceptors (Lipinski definition) is 8. The second-order valence-electron chi connectivity index (χ2n) is 8.46. The highest BCUT2D eigenvalue weighted by molar-refractivity contribution is 7.99. The first-order valence-electron chi connectivity index (χ1n) is 11.8. The van der Waals surface area contributed by atoms with E-state index in [1.807, 2.05) is 26.0 Å². The van der Waals surface area contributed by atoms with Crippen LogP contribution < -0.4 is 15.4 Å². The summed E-state index contributed by atoms with van der Waals surface area (Å²) in [5, 5.41) is 5.48. The van der Waals surface area contributed by atoms with Crippen molar-refractivity contribution in [3.8, 4) is 5.75 Å². The van der Waals surface area contributed by atoms with Crippen molar-refractivity contribution >= 4 is 44.0 Å². The SMILES string of the molecule is [B]OC=N[C@@H](Cc1ccc(OCC=C)cc1)C(=O)N[C@@H](CC(C)C)C(=O)N[C@@H](CSCC=C)C(=O)OC. The standard InChI is InChI=1S/C26H36BN3O6S/c1-6-12-35-20-10-8-19(9-11-20)15-21(28-17-36-27)24(31)29-22(14-18(3)4)25(32)30-23(26(33)34-5)16-37-13-7-2/h6-11,17-18,21-23H,1-2,12-16H2,3-5H3,(H,29,31)(H,30,32)/t21-,22-,23-/m0/s1. The lowest BCUT2D eigenvalue weighted by atomic mass is 10.0. The normalized spacial score (nSPS) is 13.3. The molecule has 0 bridgehead atoms. The molecule has 0 aliphatic heterocycles. The summed E-state index contributed by atoms with van der Waals surface area (Å²) in [4.78, 5) is 42.6. The van der Waals surface area contributed by atoms with E-state index in [1.165, 1.54) is 18.9 Å². The number of hydrogen-bond donors (Lipinski definition) is 2. The molecule has 0 saturated carbocycles. The van der Waals surface area contributed by atoms with Crippen LogP contribution in [0.1, 0.15) is 25.8 Å². The topological polar surface area (TPSA) is 115 Å². The highest BCUT2D eigenvalue weighted by atomic mass is 32.2. The molecule has 0 aromatic heterocycles. The Morgan fingerprint density at radius 1 is 1.08 bits per heavy atom. The van der Waals surface area contributed by atoms with Gasteiger partial charge in [-0.25, -0.2) is 9.79 Å². The molecule has 3 atom stereocenters. The number of methoxy groups -OCH3 is 1. The predicted octanol–water partition coefficient (Wildman–Crippen LogP) is 2.40. The highest BCUT2D eigenvalue weighted by Gasteiger charge is 2.30. The fourth-order valence-corrected chi connectivity index (χ4v) is 4.00. The van der Waals surface area contributed by atoms with Gasteiger partial charge in [0.05, 0.1) is 7.11 Å². The lowest BCUT2D eigenvalue weighted by Crippen LogP contribution is -2.54. The molecular weight excluding hydrogens is 493 g/mol. The molecular formula is C26H36BN3O6S. The van der Waals surface area contributed by atoms with E-state index >= 15 is 0 Å². The van der Waals surface area contributed by atoms with E-state index in [-0.39, 0.29) is 12.3 Å². The Kier molecular flexibility index (Phi) is 15.6. The van der Waals surface area contributed by atoms with Crippen molar-refractivity contribution in [2.45, 2.75) is 44.8 Å². The average molecular weight is 529 g/mol. The molecule has 0 heterocycles. The average Bonchev–Trinajstić information content (AvgIpc) is 2.88. The fourth-order valence-electron chi connectivity index (χ4n) is 3.25. The van der Waals surface area contributed by atoms with Gasteiger partial charge in [0, 0.05) is 17.9 Å². The van der Waals surface area contributed by atoms with Crippen LogP contribution in [0.3, 0.4) is 0 Å². The maximum absolute atomic E-state index is 13.2. The summed E-state index contributed by atoms with van der Waals surface area (Å²) in [6.45, 7) is 11.5. The summed E-state index contributed by atoms with van der Waals surface area (Å²) in [5.74, 6) is 0.121. The van der Waals surface area contributed by atoms with Crippen molar-refractivity contribution < 1.29 is 28.5 Å². The van der Waals surface area contributed by atoms with Crippen LogP contribution in [0.15, 0.2) is 54.6 Å². The van der Waals surface area contributed by atoms with Crippen molar-refractivity contribution in [2.75, 3.05) is 25.2 Å². The Morgan fingerprint density at radius 3 is 2.32 bits per heavy atom. The third-order valence-corrected chi connectivity index (χ3v) is 6.03. The Balaban J connectivity index is 3.00. The summed E-state index contributed by atoms with van der Waals surface area (Å²) < 4.78 is 14.7. The Morgan fingerprint density at radius 2 is 1.76 bits per heavy atom. The van der Waals surface area contributed by atoms with E-state index in [9.17, 15) is 14.4 Å². The van der Waals surface area contributed by atoms with Crippen molar-refractivity contribution in [1.29, 1.82) is 0 Å². The summed E-state index contributed by atoms with van der Waals surface area (Å²) in [6.07, 6.45) is 4.91. The zero-order valence-corrected chi connectivity index (χ0v) is 22.5. The predicted molar refractivity (Wildman–Crippen MR) is 148 cm³/mol. The molecule has 0 fully saturated rings. The number of carbonyl (C=O) groups is 3. The molecule has 0 aliphatic rings. The first kappa shape index (κ1) is 31.8. The van der Waals surface area contributed by atoms with Gasteiger partial charge in [-0.15, -0.1) is 6.58 Å². The van der Waals surface area contributed by atoms with Crippen molar-refractivity contribution in [1.82, 2.24) is 10.6 Å². The van der Waals surface area contributed by atoms with Gasteiger partial charge in [0.1, 0.15) is 30.5 Å². The molecule has 0 unspecified atom stereocenters. The molecule has 1 rings (SSSR count).